The van der Waals surface area contributed by atoms with Gasteiger partial charge in [-0.1, -0.05) is 6.92 Å². The molecule has 1 heterocycles. The second kappa shape index (κ2) is 9.55. The van der Waals surface area contributed by atoms with Gasteiger partial charge < -0.3 is 10.2 Å². The van der Waals surface area contributed by atoms with Crippen molar-refractivity contribution < 1.29 is 4.79 Å². The Balaban J connectivity index is 0.00000180. The molecule has 116 valence electrons. The van der Waals surface area contributed by atoms with Gasteiger partial charge >= 0.3 is 0 Å². The van der Waals surface area contributed by atoms with E-state index in [4.69, 9.17) is 0 Å². The lowest BCUT2D eigenvalue weighted by atomic mass is 10.4. The Bertz CT molecular complexity index is 410. The molecule has 7 heteroatoms. The van der Waals surface area contributed by atoms with Gasteiger partial charge in [0.15, 0.2) is 0 Å². The molecule has 1 aliphatic rings. The van der Waals surface area contributed by atoms with Gasteiger partial charge in [0.1, 0.15) is 5.01 Å². The number of rotatable bonds is 7. The Morgan fingerprint density at radius 1 is 1.50 bits per heavy atom. The number of nitrogens with one attached hydrogen (secondary N) is 1. The third-order valence-electron chi connectivity index (χ3n) is 3.15. The van der Waals surface area contributed by atoms with Crippen LogP contribution in [0.5, 0.6) is 0 Å². The molecule has 0 bridgehead atoms. The molecule has 1 aromatic heterocycles. The number of carbonyl (C=O) groups excluding carboxylic acids is 1. The van der Waals surface area contributed by atoms with Crippen molar-refractivity contribution in [3.63, 3.8) is 0 Å². The number of thiazole rings is 1. The molecular weight excluding hydrogens is 317 g/mol. The van der Waals surface area contributed by atoms with Gasteiger partial charge in [-0.15, -0.1) is 36.2 Å². The second-order valence-corrected chi connectivity index (χ2v) is 6.10. The number of halogens is 2. The van der Waals surface area contributed by atoms with Gasteiger partial charge in [0.25, 0.3) is 0 Å². The summed E-state index contributed by atoms with van der Waals surface area (Å²) < 4.78 is 0. The maximum absolute atomic E-state index is 11.9. The van der Waals surface area contributed by atoms with Crippen molar-refractivity contribution >= 4 is 42.1 Å². The first-order chi connectivity index (χ1) is 8.69. The Morgan fingerprint density at radius 2 is 2.20 bits per heavy atom. The molecule has 20 heavy (non-hydrogen) atoms. The number of nitrogens with zero attached hydrogens (tertiary/aromatic N) is 2. The maximum atomic E-state index is 11.9. The summed E-state index contributed by atoms with van der Waals surface area (Å²) in [7, 11) is 1.84. The number of amides is 1. The van der Waals surface area contributed by atoms with E-state index in [1.165, 1.54) is 17.7 Å². The molecule has 0 spiro atoms. The molecule has 4 nitrogen and oxygen atoms in total. The summed E-state index contributed by atoms with van der Waals surface area (Å²) in [4.78, 5) is 19.2. The molecule has 0 saturated heterocycles. The molecule has 2 rings (SSSR count). The zero-order valence-corrected chi connectivity index (χ0v) is 14.4. The fraction of sp³-hybridized carbons (Fsp3) is 0.692. The molecule has 1 aliphatic carbocycles. The van der Waals surface area contributed by atoms with Gasteiger partial charge in [0, 0.05) is 18.1 Å². The molecule has 0 aromatic carbocycles. The summed E-state index contributed by atoms with van der Waals surface area (Å²) >= 11 is 1.69. The highest BCUT2D eigenvalue weighted by Gasteiger charge is 2.21. The highest BCUT2D eigenvalue weighted by Crippen LogP contribution is 2.27. The topological polar surface area (TPSA) is 45.2 Å². The summed E-state index contributed by atoms with van der Waals surface area (Å²) in [5, 5.41) is 4.24. The van der Waals surface area contributed by atoms with Crippen LogP contribution in [0.15, 0.2) is 6.20 Å². The van der Waals surface area contributed by atoms with Gasteiger partial charge in [-0.2, -0.15) is 0 Å². The van der Waals surface area contributed by atoms with Crippen molar-refractivity contribution in [1.82, 2.24) is 15.2 Å². The third kappa shape index (κ3) is 6.39. The van der Waals surface area contributed by atoms with Crippen LogP contribution in [0.25, 0.3) is 0 Å². The van der Waals surface area contributed by atoms with E-state index in [1.54, 1.807) is 16.2 Å². The first kappa shape index (κ1) is 19.6. The van der Waals surface area contributed by atoms with Crippen LogP contribution in [0.2, 0.25) is 0 Å². The van der Waals surface area contributed by atoms with Crippen molar-refractivity contribution in [2.24, 2.45) is 5.92 Å². The Hall–Kier alpha value is -0.360. The monoisotopic (exact) mass is 339 g/mol. The van der Waals surface area contributed by atoms with E-state index in [9.17, 15) is 4.79 Å². The molecule has 1 saturated carbocycles. The first-order valence-electron chi connectivity index (χ1n) is 6.57. The fourth-order valence-electron chi connectivity index (χ4n) is 1.72. The van der Waals surface area contributed by atoms with E-state index in [1.807, 2.05) is 13.2 Å². The highest BCUT2D eigenvalue weighted by molar-refractivity contribution is 7.11. The van der Waals surface area contributed by atoms with Gasteiger partial charge in [-0.05, 0) is 31.7 Å². The molecule has 1 amide bonds. The minimum Gasteiger partial charge on any atom is -0.338 e. The zero-order valence-electron chi connectivity index (χ0n) is 11.9. The van der Waals surface area contributed by atoms with Crippen LogP contribution in [-0.2, 0) is 17.8 Å². The molecule has 1 fully saturated rings. The van der Waals surface area contributed by atoms with E-state index < -0.39 is 0 Å². The van der Waals surface area contributed by atoms with Gasteiger partial charge in [0.05, 0.1) is 13.1 Å². The number of hydrogen-bond donors (Lipinski definition) is 1. The lowest BCUT2D eigenvalue weighted by molar-refractivity contribution is -0.129. The predicted octanol–water partition coefficient (Wildman–Crippen LogP) is 2.51. The largest absolute Gasteiger partial charge is 0.338 e. The van der Waals surface area contributed by atoms with E-state index in [0.717, 1.165) is 23.9 Å². The number of aromatic nitrogens is 1. The molecular formula is C13H23Cl2N3OS. The average molecular weight is 340 g/mol. The van der Waals surface area contributed by atoms with Gasteiger partial charge in [0.2, 0.25) is 5.91 Å². The lowest BCUT2D eigenvalue weighted by Crippen LogP contribution is -2.35. The summed E-state index contributed by atoms with van der Waals surface area (Å²) in [6.45, 7) is 4.17. The molecule has 0 radical (unpaired) electrons. The zero-order chi connectivity index (χ0) is 13.0. The molecule has 0 unspecified atom stereocenters. The number of likely N-dealkylation sites (N-methyl/N-ethyl adjacent to an activating group) is 1. The standard InChI is InChI=1S/C13H21N3OS.2ClH/c1-3-11-7-15-12(18-11)9-16(2)13(17)8-14-6-10-4-5-10;;/h7,10,14H,3-6,8-9H2,1-2H3;2*1H. The van der Waals surface area contributed by atoms with Crippen molar-refractivity contribution in [1.29, 1.82) is 0 Å². The Kier molecular flexibility index (Phi) is 9.38. The minimum atomic E-state index is 0. The van der Waals surface area contributed by atoms with Crippen LogP contribution in [0.4, 0.5) is 0 Å². The maximum Gasteiger partial charge on any atom is 0.236 e. The van der Waals surface area contributed by atoms with E-state index >= 15 is 0 Å². The summed E-state index contributed by atoms with van der Waals surface area (Å²) in [5.41, 5.74) is 0. The van der Waals surface area contributed by atoms with E-state index in [-0.39, 0.29) is 30.7 Å². The normalized spacial score (nSPS) is 13.3. The summed E-state index contributed by atoms with van der Waals surface area (Å²) in [5.74, 6) is 0.957. The second-order valence-electron chi connectivity index (χ2n) is 4.90. The van der Waals surface area contributed by atoms with E-state index in [2.05, 4.69) is 17.2 Å². The minimum absolute atomic E-state index is 0. The van der Waals surface area contributed by atoms with Crippen molar-refractivity contribution in [3.05, 3.63) is 16.1 Å². The highest BCUT2D eigenvalue weighted by atomic mass is 35.5. The van der Waals surface area contributed by atoms with Crippen LogP contribution >= 0.6 is 36.2 Å². The Morgan fingerprint density at radius 3 is 2.75 bits per heavy atom. The van der Waals surface area contributed by atoms with Crippen LogP contribution < -0.4 is 5.32 Å². The van der Waals surface area contributed by atoms with Crippen LogP contribution in [0.1, 0.15) is 29.7 Å². The van der Waals surface area contributed by atoms with E-state index in [0.29, 0.717) is 13.1 Å². The van der Waals surface area contributed by atoms with Crippen molar-refractivity contribution in [2.75, 3.05) is 20.1 Å². The predicted molar refractivity (Wildman–Crippen MR) is 88.1 cm³/mol. The molecule has 0 aliphatic heterocycles. The van der Waals surface area contributed by atoms with Gasteiger partial charge in [-0.25, -0.2) is 4.98 Å². The smallest absolute Gasteiger partial charge is 0.236 e. The number of carbonyl (C=O) groups is 1. The molecule has 1 aromatic rings. The average Bonchev–Trinajstić information content (AvgIpc) is 3.07. The van der Waals surface area contributed by atoms with Crippen molar-refractivity contribution in [3.8, 4) is 0 Å². The van der Waals surface area contributed by atoms with Crippen LogP contribution in [-0.4, -0.2) is 35.9 Å². The summed E-state index contributed by atoms with van der Waals surface area (Å²) in [6.07, 6.45) is 5.55. The lowest BCUT2D eigenvalue weighted by Gasteiger charge is -2.15. The van der Waals surface area contributed by atoms with Gasteiger partial charge in [-0.3, -0.25) is 4.79 Å². The quantitative estimate of drug-likeness (QED) is 0.830. The van der Waals surface area contributed by atoms with Crippen molar-refractivity contribution in [2.45, 2.75) is 32.7 Å². The first-order valence-corrected chi connectivity index (χ1v) is 7.39. The number of hydrogen-bond acceptors (Lipinski definition) is 4. The summed E-state index contributed by atoms with van der Waals surface area (Å²) in [6, 6.07) is 0. The SMILES string of the molecule is CCc1cnc(CN(C)C(=O)CNCC2CC2)s1.Cl.Cl. The van der Waals surface area contributed by atoms with Crippen LogP contribution in [0, 0.1) is 5.92 Å². The number of aryl methyl sites for hydroxylation is 1. The fourth-order valence-corrected chi connectivity index (χ4v) is 2.63. The van der Waals surface area contributed by atoms with Crippen LogP contribution in [0.3, 0.4) is 0 Å². The molecule has 1 N–H and O–H groups in total. The molecule has 0 atom stereocenters. The third-order valence-corrected chi connectivity index (χ3v) is 4.28. The Labute approximate surface area is 137 Å².